The Morgan fingerprint density at radius 1 is 1.16 bits per heavy atom. The molecule has 2 aromatic carbocycles. The molecule has 1 aromatic heterocycles. The van der Waals surface area contributed by atoms with E-state index in [1.54, 1.807) is 32.2 Å². The maximum Gasteiger partial charge on any atom is 0.256 e. The van der Waals surface area contributed by atoms with Crippen LogP contribution in [0, 0.1) is 19.7 Å². The van der Waals surface area contributed by atoms with Crippen molar-refractivity contribution in [1.29, 1.82) is 0 Å². The van der Waals surface area contributed by atoms with Crippen LogP contribution in [0.25, 0.3) is 0 Å². The predicted molar refractivity (Wildman–Crippen MR) is 93.6 cm³/mol. The molecule has 128 valence electrons. The number of amides is 1. The Morgan fingerprint density at radius 3 is 2.64 bits per heavy atom. The maximum absolute atomic E-state index is 13.4. The van der Waals surface area contributed by atoms with Gasteiger partial charge in [-0.15, -0.1) is 0 Å². The zero-order valence-corrected chi connectivity index (χ0v) is 14.2. The maximum atomic E-state index is 13.4. The van der Waals surface area contributed by atoms with Gasteiger partial charge >= 0.3 is 0 Å². The summed E-state index contributed by atoms with van der Waals surface area (Å²) in [4.78, 5) is 12.6. The third-order valence-corrected chi connectivity index (χ3v) is 3.81. The highest BCUT2D eigenvalue weighted by Crippen LogP contribution is 2.32. The van der Waals surface area contributed by atoms with Gasteiger partial charge in [0.2, 0.25) is 5.88 Å². The van der Waals surface area contributed by atoms with Crippen LogP contribution in [-0.4, -0.2) is 15.7 Å². The molecular formula is C19H18FN3O2. The van der Waals surface area contributed by atoms with Crippen molar-refractivity contribution in [3.63, 3.8) is 0 Å². The van der Waals surface area contributed by atoms with E-state index in [-0.39, 0.29) is 5.91 Å². The van der Waals surface area contributed by atoms with Gasteiger partial charge < -0.3 is 10.1 Å². The molecule has 6 heteroatoms. The van der Waals surface area contributed by atoms with Gasteiger partial charge in [-0.05, 0) is 37.6 Å². The van der Waals surface area contributed by atoms with E-state index in [9.17, 15) is 9.18 Å². The van der Waals surface area contributed by atoms with Gasteiger partial charge in [-0.1, -0.05) is 24.3 Å². The molecule has 3 rings (SSSR count). The zero-order chi connectivity index (χ0) is 18.0. The van der Waals surface area contributed by atoms with Crippen molar-refractivity contribution < 1.29 is 13.9 Å². The van der Waals surface area contributed by atoms with Gasteiger partial charge in [0, 0.05) is 18.7 Å². The lowest BCUT2D eigenvalue weighted by molar-refractivity contribution is 0.102. The normalized spacial score (nSPS) is 10.6. The van der Waals surface area contributed by atoms with Crippen LogP contribution in [0.4, 0.5) is 10.1 Å². The molecule has 0 bridgehead atoms. The molecule has 1 amide bonds. The Morgan fingerprint density at radius 2 is 1.92 bits per heavy atom. The Hall–Kier alpha value is -3.15. The molecule has 25 heavy (non-hydrogen) atoms. The van der Waals surface area contributed by atoms with Gasteiger partial charge in [0.15, 0.2) is 0 Å². The minimum Gasteiger partial charge on any atom is -0.437 e. The fraction of sp³-hybridized carbons (Fsp3) is 0.158. The summed E-state index contributed by atoms with van der Waals surface area (Å²) in [5.74, 6) is 0.0135. The van der Waals surface area contributed by atoms with Crippen molar-refractivity contribution >= 4 is 11.6 Å². The first kappa shape index (κ1) is 16.7. The first-order chi connectivity index (χ1) is 12.0. The second-order valence-electron chi connectivity index (χ2n) is 5.72. The lowest BCUT2D eigenvalue weighted by Crippen LogP contribution is -2.14. The van der Waals surface area contributed by atoms with E-state index in [1.807, 2.05) is 25.1 Å². The number of aryl methyl sites for hydroxylation is 3. The molecule has 0 aliphatic heterocycles. The lowest BCUT2D eigenvalue weighted by Gasteiger charge is -2.11. The number of carbonyl (C=O) groups is 1. The van der Waals surface area contributed by atoms with Crippen LogP contribution in [0.2, 0.25) is 0 Å². The quantitative estimate of drug-likeness (QED) is 0.774. The summed E-state index contributed by atoms with van der Waals surface area (Å²) in [6.45, 7) is 3.64. The molecule has 5 nitrogen and oxygen atoms in total. The summed E-state index contributed by atoms with van der Waals surface area (Å²) in [6, 6.07) is 13.1. The third kappa shape index (κ3) is 3.52. The molecule has 0 spiro atoms. The molecule has 0 radical (unpaired) electrons. The number of carbonyl (C=O) groups excluding carboxylic acids is 1. The largest absolute Gasteiger partial charge is 0.437 e. The fourth-order valence-corrected chi connectivity index (χ4v) is 2.55. The molecule has 1 heterocycles. The highest BCUT2D eigenvalue weighted by atomic mass is 19.1. The number of ether oxygens (including phenoxy) is 1. The lowest BCUT2D eigenvalue weighted by atomic mass is 10.1. The first-order valence-corrected chi connectivity index (χ1v) is 7.79. The molecular weight excluding hydrogens is 321 g/mol. The van der Waals surface area contributed by atoms with Crippen molar-refractivity contribution in [2.45, 2.75) is 13.8 Å². The number of anilines is 1. The molecule has 0 saturated heterocycles. The Kier molecular flexibility index (Phi) is 4.52. The predicted octanol–water partition coefficient (Wildman–Crippen LogP) is 4.22. The van der Waals surface area contributed by atoms with E-state index >= 15 is 0 Å². The molecule has 0 fully saturated rings. The van der Waals surface area contributed by atoms with E-state index < -0.39 is 5.82 Å². The van der Waals surface area contributed by atoms with E-state index in [4.69, 9.17) is 4.74 Å². The zero-order valence-electron chi connectivity index (χ0n) is 14.2. The van der Waals surface area contributed by atoms with E-state index in [0.29, 0.717) is 28.6 Å². The van der Waals surface area contributed by atoms with E-state index in [2.05, 4.69) is 10.4 Å². The highest BCUT2D eigenvalue weighted by molar-refractivity contribution is 6.06. The molecule has 0 saturated carbocycles. The number of benzene rings is 2. The number of nitrogens with one attached hydrogen (secondary N) is 1. The van der Waals surface area contributed by atoms with Crippen LogP contribution < -0.4 is 10.1 Å². The van der Waals surface area contributed by atoms with Gasteiger partial charge in [0.25, 0.3) is 5.91 Å². The molecule has 0 aliphatic carbocycles. The van der Waals surface area contributed by atoms with Crippen LogP contribution in [0.15, 0.2) is 48.5 Å². The molecule has 0 unspecified atom stereocenters. The third-order valence-electron chi connectivity index (χ3n) is 3.81. The molecule has 0 atom stereocenters. The summed E-state index contributed by atoms with van der Waals surface area (Å²) in [5, 5.41) is 7.13. The van der Waals surface area contributed by atoms with Crippen LogP contribution in [0.5, 0.6) is 11.6 Å². The second kappa shape index (κ2) is 6.76. The van der Waals surface area contributed by atoms with Crippen molar-refractivity contribution in [3.05, 3.63) is 71.2 Å². The van der Waals surface area contributed by atoms with Crippen LogP contribution in [0.1, 0.15) is 21.6 Å². The van der Waals surface area contributed by atoms with Crippen LogP contribution in [0.3, 0.4) is 0 Å². The van der Waals surface area contributed by atoms with Gasteiger partial charge in [0.05, 0.1) is 5.69 Å². The van der Waals surface area contributed by atoms with Crippen molar-refractivity contribution in [2.24, 2.45) is 7.05 Å². The standard InChI is InChI=1S/C19H18FN3O2/c1-12-7-4-5-10-16(12)18(24)21-17-13(2)22-23(3)19(17)25-15-9-6-8-14(20)11-15/h4-11H,1-3H3,(H,21,24). The number of hydrogen-bond acceptors (Lipinski definition) is 3. The average Bonchev–Trinajstić information content (AvgIpc) is 2.82. The van der Waals surface area contributed by atoms with Crippen molar-refractivity contribution in [2.75, 3.05) is 5.32 Å². The van der Waals surface area contributed by atoms with Gasteiger partial charge in [-0.3, -0.25) is 4.79 Å². The smallest absolute Gasteiger partial charge is 0.256 e. The van der Waals surface area contributed by atoms with Crippen molar-refractivity contribution in [3.8, 4) is 11.6 Å². The van der Waals surface area contributed by atoms with Gasteiger partial charge in [-0.2, -0.15) is 5.10 Å². The number of halogens is 1. The molecule has 0 aliphatic rings. The van der Waals surface area contributed by atoms with Gasteiger partial charge in [-0.25, -0.2) is 9.07 Å². The number of aromatic nitrogens is 2. The Bertz CT molecular complexity index is 934. The second-order valence-corrected chi connectivity index (χ2v) is 5.72. The fourth-order valence-electron chi connectivity index (χ4n) is 2.55. The minimum absolute atomic E-state index is 0.252. The van der Waals surface area contributed by atoms with E-state index in [1.165, 1.54) is 16.8 Å². The van der Waals surface area contributed by atoms with E-state index in [0.717, 1.165) is 5.56 Å². The van der Waals surface area contributed by atoms with Crippen LogP contribution in [-0.2, 0) is 7.05 Å². The van der Waals surface area contributed by atoms with Gasteiger partial charge in [0.1, 0.15) is 17.3 Å². The number of rotatable bonds is 4. The highest BCUT2D eigenvalue weighted by Gasteiger charge is 2.19. The Labute approximate surface area is 145 Å². The van der Waals surface area contributed by atoms with Crippen LogP contribution >= 0.6 is 0 Å². The molecule has 3 aromatic rings. The van der Waals surface area contributed by atoms with Crippen molar-refractivity contribution in [1.82, 2.24) is 9.78 Å². The average molecular weight is 339 g/mol. The Balaban J connectivity index is 1.92. The number of hydrogen-bond donors (Lipinski definition) is 1. The first-order valence-electron chi connectivity index (χ1n) is 7.79. The summed E-state index contributed by atoms with van der Waals surface area (Å²) in [5.41, 5.74) is 2.51. The SMILES string of the molecule is Cc1ccccc1C(=O)Nc1c(C)nn(C)c1Oc1cccc(F)c1. The summed E-state index contributed by atoms with van der Waals surface area (Å²) >= 11 is 0. The minimum atomic E-state index is -0.401. The topological polar surface area (TPSA) is 56.2 Å². The monoisotopic (exact) mass is 339 g/mol. The number of nitrogens with zero attached hydrogens (tertiary/aromatic N) is 2. The summed E-state index contributed by atoms with van der Waals surface area (Å²) in [7, 11) is 1.70. The summed E-state index contributed by atoms with van der Waals surface area (Å²) < 4.78 is 20.6. The summed E-state index contributed by atoms with van der Waals surface area (Å²) in [6.07, 6.45) is 0. The molecule has 1 N–H and O–H groups in total.